The molecule has 0 aromatic rings. The predicted octanol–water partition coefficient (Wildman–Crippen LogP) is 0.410. The Bertz CT molecular complexity index is 14.9. The van der Waals surface area contributed by atoms with E-state index >= 15 is 0 Å². The van der Waals surface area contributed by atoms with Crippen molar-refractivity contribution in [2.75, 3.05) is 0 Å². The fourth-order valence-electron chi connectivity index (χ4n) is 0. The second-order valence-electron chi connectivity index (χ2n) is 0. The zero-order valence-electron chi connectivity index (χ0n) is 2.63. The molecule has 0 atom stereocenters. The average molecular weight is 419 g/mol. The molecule has 46 valence electrons. The molecule has 0 amide bonds. The van der Waals surface area contributed by atoms with Crippen LogP contribution in [0.25, 0.3) is 0 Å². The van der Waals surface area contributed by atoms with Gasteiger partial charge in [-0.15, -0.1) is 61.2 Å². The molecule has 0 heterocycles. The van der Waals surface area contributed by atoms with E-state index in [1.165, 1.54) is 0 Å². The van der Waals surface area contributed by atoms with Gasteiger partial charge in [-0.3, -0.25) is 0 Å². The Morgan fingerprint density at radius 1 is 0.714 bits per heavy atom. The van der Waals surface area contributed by atoms with Crippen molar-refractivity contribution in [1.29, 1.82) is 0 Å². The van der Waals surface area contributed by atoms with E-state index in [1.807, 2.05) is 0 Å². The van der Waals surface area contributed by atoms with Crippen LogP contribution in [0.3, 0.4) is 0 Å². The Morgan fingerprint density at radius 3 is 0.714 bits per heavy atom. The van der Waals surface area contributed by atoms with Gasteiger partial charge in [0.05, 0.1) is 0 Å². The van der Waals surface area contributed by atoms with Gasteiger partial charge in [0.25, 0.3) is 0 Å². The van der Waals surface area contributed by atoms with Crippen LogP contribution in [0, 0.1) is 41.7 Å². The van der Waals surface area contributed by atoms with Crippen molar-refractivity contribution in [2.45, 2.75) is 0 Å². The Kier molecular flexibility index (Phi) is 510. The molecule has 0 bridgehead atoms. The van der Waals surface area contributed by atoms with Gasteiger partial charge in [-0.25, -0.2) is 0 Å². The summed E-state index contributed by atoms with van der Waals surface area (Å²) in [7, 11) is 0. The fraction of sp³-hybridized carbons (Fsp3) is 0. The van der Waals surface area contributed by atoms with Crippen molar-refractivity contribution in [2.24, 2.45) is 0 Å². The van der Waals surface area contributed by atoms with Gasteiger partial charge < -0.3 is 5.48 Å². The van der Waals surface area contributed by atoms with E-state index in [0.29, 0.717) is 0 Å². The van der Waals surface area contributed by atoms with Crippen LogP contribution in [-0.4, -0.2) is 35.0 Å². The van der Waals surface area contributed by atoms with Gasteiger partial charge in [0, 0.05) is 41.7 Å². The minimum atomic E-state index is 0. The van der Waals surface area contributed by atoms with Crippen LogP contribution in [-0.2, 0) is 0 Å². The molecule has 0 saturated carbocycles. The molecule has 0 rings (SSSR count). The molecular weight excluding hydrogens is 412 g/mol. The molecule has 0 aliphatic heterocycles. The Morgan fingerprint density at radius 2 is 0.714 bits per heavy atom. The molecule has 0 aromatic carbocycles. The summed E-state index contributed by atoms with van der Waals surface area (Å²) in [5.41, 5.74) is 0. The van der Waals surface area contributed by atoms with Crippen LogP contribution in [0.4, 0.5) is 0 Å². The van der Waals surface area contributed by atoms with Crippen LogP contribution in [0.2, 0.25) is 0 Å². The maximum absolute atomic E-state index is 0. The van der Waals surface area contributed by atoms with Crippen molar-refractivity contribution in [3.8, 4) is 0 Å². The first kappa shape index (κ1) is 69.7. The third-order valence-electron chi connectivity index (χ3n) is 0. The molecule has 0 radical (unpaired) electrons. The zero-order chi connectivity index (χ0) is 0. The van der Waals surface area contributed by atoms with Gasteiger partial charge in [0.15, 0.2) is 0 Å². The van der Waals surface area contributed by atoms with E-state index in [-0.39, 0.29) is 138 Å². The summed E-state index contributed by atoms with van der Waals surface area (Å²) in [6.45, 7) is 0. The zero-order valence-corrected chi connectivity index (χ0v) is 10.6. The summed E-state index contributed by atoms with van der Waals surface area (Å²) in [5, 5.41) is 0. The fourth-order valence-corrected chi connectivity index (χ4v) is 0. The molecular formula is H7CeCl3INaO. The van der Waals surface area contributed by atoms with Gasteiger partial charge in [-0.2, -0.15) is 0 Å². The molecule has 7 heteroatoms. The van der Waals surface area contributed by atoms with Crippen molar-refractivity contribution in [3.63, 3.8) is 0 Å². The van der Waals surface area contributed by atoms with Gasteiger partial charge in [0.1, 0.15) is 0 Å². The second kappa shape index (κ2) is 51.2. The van der Waals surface area contributed by atoms with E-state index in [0.717, 1.165) is 0 Å². The first-order chi connectivity index (χ1) is 0. The van der Waals surface area contributed by atoms with E-state index in [9.17, 15) is 0 Å². The molecule has 0 spiro atoms. The van der Waals surface area contributed by atoms with E-state index in [2.05, 4.69) is 0 Å². The van der Waals surface area contributed by atoms with E-state index in [1.54, 1.807) is 0 Å². The predicted molar refractivity (Wildman–Crippen MR) is 47.9 cm³/mol. The molecule has 7 heavy (non-hydrogen) atoms. The second-order valence-corrected chi connectivity index (χ2v) is 0. The number of hydrogen-bond acceptors (Lipinski definition) is 0. The topological polar surface area (TPSA) is 31.5 Å². The average Bonchev–Trinajstić information content (AvgIpc) is 0. The quantitative estimate of drug-likeness (QED) is 0.403. The van der Waals surface area contributed by atoms with Gasteiger partial charge in [-0.05, 0) is 0 Å². The molecule has 0 fully saturated rings. The summed E-state index contributed by atoms with van der Waals surface area (Å²) in [5.74, 6) is 0. The Hall–Kier alpha value is 3.94. The summed E-state index contributed by atoms with van der Waals surface area (Å²) in [4.78, 5) is 0. The van der Waals surface area contributed by atoms with Crippen molar-refractivity contribution in [1.82, 2.24) is 0 Å². The molecule has 0 aliphatic rings. The van der Waals surface area contributed by atoms with Crippen LogP contribution >= 0.6 is 61.2 Å². The van der Waals surface area contributed by atoms with Crippen molar-refractivity contribution >= 4 is 90.8 Å². The van der Waals surface area contributed by atoms with Crippen LogP contribution in [0.1, 0.15) is 0 Å². The summed E-state index contributed by atoms with van der Waals surface area (Å²) in [6.07, 6.45) is 0. The summed E-state index contributed by atoms with van der Waals surface area (Å²) in [6, 6.07) is 0. The van der Waals surface area contributed by atoms with Crippen LogP contribution in [0.5, 0.6) is 0 Å². The number of rotatable bonds is 0. The molecule has 0 aromatic heterocycles. The first-order valence-corrected chi connectivity index (χ1v) is 0. The van der Waals surface area contributed by atoms with Crippen molar-refractivity contribution in [3.05, 3.63) is 0 Å². The standard InChI is InChI=1S/Ce.3ClH.HI.Na.H2O.H/h;4*1H;;1H2;. The maximum atomic E-state index is 0. The normalized spacial score (nSPS) is 0. The summed E-state index contributed by atoms with van der Waals surface area (Å²) >= 11 is 0. The number of halogens is 4. The first-order valence-electron chi connectivity index (χ1n) is 0. The third kappa shape index (κ3) is 40.4. The SMILES string of the molecule is Cl.Cl.Cl.I.O.[Ce].[NaH]. The van der Waals surface area contributed by atoms with Crippen LogP contribution in [0.15, 0.2) is 0 Å². The molecule has 0 aliphatic carbocycles. The molecule has 0 saturated heterocycles. The third-order valence-corrected chi connectivity index (χ3v) is 0. The van der Waals surface area contributed by atoms with Crippen molar-refractivity contribution < 1.29 is 47.2 Å². The molecule has 1 nitrogen and oxygen atoms in total. The number of hydrogen-bond donors (Lipinski definition) is 0. The molecule has 2 N–H and O–H groups in total. The van der Waals surface area contributed by atoms with Gasteiger partial charge >= 0.3 is 29.6 Å². The monoisotopic (exact) mass is 418 g/mol. The van der Waals surface area contributed by atoms with Gasteiger partial charge in [0.2, 0.25) is 0 Å². The molecule has 0 unspecified atom stereocenters. The Balaban J connectivity index is 0. The minimum absolute atomic E-state index is 0. The van der Waals surface area contributed by atoms with Crippen LogP contribution < -0.4 is 0 Å². The Labute approximate surface area is 135 Å². The van der Waals surface area contributed by atoms with Gasteiger partial charge in [-0.1, -0.05) is 0 Å². The van der Waals surface area contributed by atoms with E-state index < -0.39 is 0 Å². The summed E-state index contributed by atoms with van der Waals surface area (Å²) < 4.78 is 0. The van der Waals surface area contributed by atoms with E-state index in [4.69, 9.17) is 0 Å².